The molecule has 0 radical (unpaired) electrons. The van der Waals surface area contributed by atoms with Crippen molar-refractivity contribution in [2.75, 3.05) is 13.1 Å². The number of hydrogen-bond donors (Lipinski definition) is 1. The van der Waals surface area contributed by atoms with Gasteiger partial charge < -0.3 is 10.8 Å². The van der Waals surface area contributed by atoms with Gasteiger partial charge in [-0.1, -0.05) is 0 Å². The SMILES string of the molecule is O.O=C1NCCCN1Cl. The molecule has 54 valence electrons. The van der Waals surface area contributed by atoms with Crippen LogP contribution < -0.4 is 5.32 Å². The van der Waals surface area contributed by atoms with E-state index in [9.17, 15) is 4.79 Å². The summed E-state index contributed by atoms with van der Waals surface area (Å²) in [4.78, 5) is 10.5. The Morgan fingerprint density at radius 2 is 2.33 bits per heavy atom. The summed E-state index contributed by atoms with van der Waals surface area (Å²) in [5.41, 5.74) is 0. The highest BCUT2D eigenvalue weighted by atomic mass is 35.5. The predicted octanol–water partition coefficient (Wildman–Crippen LogP) is -0.269. The molecule has 3 N–H and O–H groups in total. The lowest BCUT2D eigenvalue weighted by molar-refractivity contribution is 0.216. The van der Waals surface area contributed by atoms with Crippen molar-refractivity contribution >= 4 is 17.8 Å². The van der Waals surface area contributed by atoms with Crippen molar-refractivity contribution in [3.05, 3.63) is 0 Å². The van der Waals surface area contributed by atoms with Gasteiger partial charge >= 0.3 is 6.03 Å². The average molecular weight is 153 g/mol. The molecule has 0 aromatic carbocycles. The molecule has 0 aromatic heterocycles. The third-order valence-corrected chi connectivity index (χ3v) is 1.35. The Morgan fingerprint density at radius 1 is 1.67 bits per heavy atom. The maximum atomic E-state index is 10.5. The van der Waals surface area contributed by atoms with Gasteiger partial charge in [0.25, 0.3) is 0 Å². The summed E-state index contributed by atoms with van der Waals surface area (Å²) in [6.45, 7) is 1.41. The zero-order valence-corrected chi connectivity index (χ0v) is 5.61. The van der Waals surface area contributed by atoms with Crippen molar-refractivity contribution in [2.24, 2.45) is 0 Å². The zero-order chi connectivity index (χ0) is 5.98. The maximum absolute atomic E-state index is 10.5. The number of nitrogens with one attached hydrogen (secondary N) is 1. The smallest absolute Gasteiger partial charge is 0.331 e. The van der Waals surface area contributed by atoms with Gasteiger partial charge in [0.2, 0.25) is 0 Å². The lowest BCUT2D eigenvalue weighted by atomic mass is 10.4. The minimum absolute atomic E-state index is 0. The summed E-state index contributed by atoms with van der Waals surface area (Å²) >= 11 is 5.39. The van der Waals surface area contributed by atoms with Crippen LogP contribution in [0, 0.1) is 0 Å². The number of carbonyl (C=O) groups is 1. The van der Waals surface area contributed by atoms with Crippen molar-refractivity contribution in [3.8, 4) is 0 Å². The molecule has 1 heterocycles. The number of halogens is 1. The highest BCUT2D eigenvalue weighted by Gasteiger charge is 2.13. The van der Waals surface area contributed by atoms with Crippen molar-refractivity contribution in [2.45, 2.75) is 6.42 Å². The van der Waals surface area contributed by atoms with E-state index in [4.69, 9.17) is 11.8 Å². The highest BCUT2D eigenvalue weighted by Crippen LogP contribution is 2.00. The molecular weight excluding hydrogens is 144 g/mol. The first-order chi connectivity index (χ1) is 3.80. The van der Waals surface area contributed by atoms with Crippen LogP contribution in [0.25, 0.3) is 0 Å². The molecule has 2 amide bonds. The Bertz CT molecular complexity index is 109. The summed E-state index contributed by atoms with van der Waals surface area (Å²) < 4.78 is 1.16. The molecule has 0 aliphatic carbocycles. The largest absolute Gasteiger partial charge is 0.412 e. The van der Waals surface area contributed by atoms with Gasteiger partial charge in [0, 0.05) is 24.9 Å². The first kappa shape index (κ1) is 8.52. The first-order valence-electron chi connectivity index (χ1n) is 2.52. The van der Waals surface area contributed by atoms with Crippen LogP contribution >= 0.6 is 11.8 Å². The minimum atomic E-state index is -0.182. The summed E-state index contributed by atoms with van der Waals surface area (Å²) in [6.07, 6.45) is 0.940. The second kappa shape index (κ2) is 3.53. The quantitative estimate of drug-likeness (QED) is 0.478. The van der Waals surface area contributed by atoms with E-state index in [1.165, 1.54) is 0 Å². The average Bonchev–Trinajstić information content (AvgIpc) is 1.77. The predicted molar refractivity (Wildman–Crippen MR) is 34.2 cm³/mol. The van der Waals surface area contributed by atoms with E-state index in [0.717, 1.165) is 17.4 Å². The summed E-state index contributed by atoms with van der Waals surface area (Å²) in [7, 11) is 0. The normalized spacial score (nSPS) is 18.3. The Labute approximate surface area is 58.2 Å². The molecule has 1 rings (SSSR count). The molecule has 4 nitrogen and oxygen atoms in total. The van der Waals surface area contributed by atoms with Gasteiger partial charge in [-0.2, -0.15) is 0 Å². The van der Waals surface area contributed by atoms with E-state index in [2.05, 4.69) is 5.32 Å². The molecule has 1 saturated heterocycles. The molecule has 5 heteroatoms. The second-order valence-electron chi connectivity index (χ2n) is 1.67. The highest BCUT2D eigenvalue weighted by molar-refractivity contribution is 6.21. The molecule has 1 aliphatic heterocycles. The molecule has 0 atom stereocenters. The summed E-state index contributed by atoms with van der Waals surface area (Å²) in [5, 5.41) is 2.59. The van der Waals surface area contributed by atoms with Crippen molar-refractivity contribution in [3.63, 3.8) is 0 Å². The number of amides is 2. The third-order valence-electron chi connectivity index (χ3n) is 1.03. The molecule has 0 spiro atoms. The molecule has 0 bridgehead atoms. The van der Waals surface area contributed by atoms with Gasteiger partial charge in [0.15, 0.2) is 0 Å². The number of hydrogen-bond acceptors (Lipinski definition) is 1. The Hall–Kier alpha value is -0.480. The minimum Gasteiger partial charge on any atom is -0.412 e. The van der Waals surface area contributed by atoms with Crippen LogP contribution in [0.3, 0.4) is 0 Å². The molecule has 1 fully saturated rings. The first-order valence-corrected chi connectivity index (χ1v) is 2.85. The van der Waals surface area contributed by atoms with Gasteiger partial charge in [-0.3, -0.25) is 0 Å². The van der Waals surface area contributed by atoms with E-state index >= 15 is 0 Å². The van der Waals surface area contributed by atoms with Gasteiger partial charge in [-0.05, 0) is 6.42 Å². The van der Waals surface area contributed by atoms with Crippen LogP contribution in [-0.4, -0.2) is 29.0 Å². The Morgan fingerprint density at radius 3 is 2.67 bits per heavy atom. The molecule has 0 unspecified atom stereocenters. The lowest BCUT2D eigenvalue weighted by Gasteiger charge is -2.19. The van der Waals surface area contributed by atoms with E-state index < -0.39 is 0 Å². The fraction of sp³-hybridized carbons (Fsp3) is 0.750. The third kappa shape index (κ3) is 2.07. The van der Waals surface area contributed by atoms with Crippen molar-refractivity contribution in [1.82, 2.24) is 9.74 Å². The van der Waals surface area contributed by atoms with E-state index in [1.54, 1.807) is 0 Å². The van der Waals surface area contributed by atoms with Gasteiger partial charge in [-0.15, -0.1) is 0 Å². The molecule has 0 saturated carbocycles. The second-order valence-corrected chi connectivity index (χ2v) is 2.08. The Balaban J connectivity index is 0.000000640. The maximum Gasteiger partial charge on any atom is 0.331 e. The van der Waals surface area contributed by atoms with Gasteiger partial charge in [-0.25, -0.2) is 9.21 Å². The number of urea groups is 1. The molecule has 0 aromatic rings. The zero-order valence-electron chi connectivity index (χ0n) is 4.85. The molecule has 1 aliphatic rings. The van der Waals surface area contributed by atoms with Crippen molar-refractivity contribution in [1.29, 1.82) is 0 Å². The van der Waals surface area contributed by atoms with E-state index in [-0.39, 0.29) is 11.5 Å². The number of carbonyl (C=O) groups excluding carboxylic acids is 1. The fourth-order valence-electron chi connectivity index (χ4n) is 0.601. The monoisotopic (exact) mass is 152 g/mol. The van der Waals surface area contributed by atoms with E-state index in [1.807, 2.05) is 0 Å². The molecular formula is C4H9ClN2O2. The van der Waals surface area contributed by atoms with Crippen LogP contribution in [0.15, 0.2) is 0 Å². The van der Waals surface area contributed by atoms with E-state index in [0.29, 0.717) is 6.54 Å². The van der Waals surface area contributed by atoms with Crippen LogP contribution in [0.2, 0.25) is 0 Å². The summed E-state index contributed by atoms with van der Waals surface area (Å²) in [5.74, 6) is 0. The van der Waals surface area contributed by atoms with Crippen LogP contribution in [-0.2, 0) is 0 Å². The van der Waals surface area contributed by atoms with Gasteiger partial charge in [0.1, 0.15) is 0 Å². The van der Waals surface area contributed by atoms with Crippen LogP contribution in [0.4, 0.5) is 4.79 Å². The van der Waals surface area contributed by atoms with Crippen LogP contribution in [0.5, 0.6) is 0 Å². The topological polar surface area (TPSA) is 63.8 Å². The van der Waals surface area contributed by atoms with Crippen molar-refractivity contribution < 1.29 is 10.3 Å². The number of rotatable bonds is 0. The standard InChI is InChI=1S/C4H7ClN2O.H2O/c5-7-3-1-2-6-4(7)8;/h1-3H2,(H,6,8);1H2. The lowest BCUT2D eigenvalue weighted by Crippen LogP contribution is -2.40. The summed E-state index contributed by atoms with van der Waals surface area (Å²) in [6, 6.07) is -0.182. The Kier molecular flexibility index (Phi) is 3.34. The fourth-order valence-corrected chi connectivity index (χ4v) is 0.780. The number of nitrogens with zero attached hydrogens (tertiary/aromatic N) is 1. The van der Waals surface area contributed by atoms with Gasteiger partial charge in [0.05, 0.1) is 0 Å². The molecule has 9 heavy (non-hydrogen) atoms. The van der Waals surface area contributed by atoms with Crippen LogP contribution in [0.1, 0.15) is 6.42 Å².